The SMILES string of the molecule is CNC(=O)C1CCCN(Cc2sccc2/C=C/C(=O)O)C1. The Labute approximate surface area is 128 Å². The highest BCUT2D eigenvalue weighted by Gasteiger charge is 2.25. The van der Waals surface area contributed by atoms with E-state index in [1.54, 1.807) is 24.5 Å². The summed E-state index contributed by atoms with van der Waals surface area (Å²) in [7, 11) is 1.68. The number of carbonyl (C=O) groups excluding carboxylic acids is 1. The van der Waals surface area contributed by atoms with E-state index in [2.05, 4.69) is 10.2 Å². The summed E-state index contributed by atoms with van der Waals surface area (Å²) in [5, 5.41) is 13.4. The van der Waals surface area contributed by atoms with Crippen LogP contribution in [0.5, 0.6) is 0 Å². The third-order valence-electron chi connectivity index (χ3n) is 3.68. The second kappa shape index (κ2) is 7.38. The predicted octanol–water partition coefficient (Wildman–Crippen LogP) is 1.80. The summed E-state index contributed by atoms with van der Waals surface area (Å²) in [6.07, 6.45) is 4.75. The molecule has 1 amide bonds. The van der Waals surface area contributed by atoms with Gasteiger partial charge in [0.15, 0.2) is 0 Å². The van der Waals surface area contributed by atoms with E-state index in [4.69, 9.17) is 5.11 Å². The van der Waals surface area contributed by atoms with Crippen molar-refractivity contribution in [3.8, 4) is 0 Å². The van der Waals surface area contributed by atoms with E-state index in [-0.39, 0.29) is 11.8 Å². The lowest BCUT2D eigenvalue weighted by molar-refractivity contribution is -0.131. The number of hydrogen-bond acceptors (Lipinski definition) is 4. The third kappa shape index (κ3) is 4.41. The van der Waals surface area contributed by atoms with Crippen molar-refractivity contribution in [3.05, 3.63) is 28.0 Å². The summed E-state index contributed by atoms with van der Waals surface area (Å²) in [5.74, 6) is -0.775. The predicted molar refractivity (Wildman–Crippen MR) is 83.1 cm³/mol. The number of nitrogens with one attached hydrogen (secondary N) is 1. The van der Waals surface area contributed by atoms with Gasteiger partial charge in [-0.05, 0) is 42.5 Å². The van der Waals surface area contributed by atoms with Gasteiger partial charge in [-0.15, -0.1) is 11.3 Å². The Morgan fingerprint density at radius 1 is 1.57 bits per heavy atom. The second-order valence-electron chi connectivity index (χ2n) is 5.16. The first-order valence-corrected chi connectivity index (χ1v) is 7.89. The molecule has 1 aromatic rings. The van der Waals surface area contributed by atoms with Crippen LogP contribution in [0.25, 0.3) is 6.08 Å². The maximum atomic E-state index is 11.7. The molecule has 114 valence electrons. The van der Waals surface area contributed by atoms with Crippen molar-refractivity contribution < 1.29 is 14.7 Å². The lowest BCUT2D eigenvalue weighted by Crippen LogP contribution is -2.41. The average Bonchev–Trinajstić information content (AvgIpc) is 2.91. The number of nitrogens with zero attached hydrogens (tertiary/aromatic N) is 1. The number of aliphatic carboxylic acids is 1. The summed E-state index contributed by atoms with van der Waals surface area (Å²) < 4.78 is 0. The standard InChI is InChI=1S/C15H20N2O3S/c1-16-15(20)12-3-2-7-17(9-12)10-13-11(6-8-21-13)4-5-14(18)19/h4-6,8,12H,2-3,7,9-10H2,1H3,(H,16,20)(H,18,19)/b5-4+. The van der Waals surface area contributed by atoms with Gasteiger partial charge in [0.2, 0.25) is 5.91 Å². The molecule has 1 aliphatic heterocycles. The Bertz CT molecular complexity index is 539. The Morgan fingerprint density at radius 3 is 3.10 bits per heavy atom. The van der Waals surface area contributed by atoms with Crippen LogP contribution in [-0.2, 0) is 16.1 Å². The molecule has 1 atom stereocenters. The van der Waals surface area contributed by atoms with Crippen LogP contribution in [0.15, 0.2) is 17.5 Å². The van der Waals surface area contributed by atoms with Gasteiger partial charge in [0, 0.05) is 31.1 Å². The zero-order chi connectivity index (χ0) is 15.2. The number of amides is 1. The Hall–Kier alpha value is -1.66. The average molecular weight is 308 g/mol. The van der Waals surface area contributed by atoms with E-state index < -0.39 is 5.97 Å². The van der Waals surface area contributed by atoms with Gasteiger partial charge in [0.1, 0.15) is 0 Å². The number of carboxylic acid groups (broad SMARTS) is 1. The van der Waals surface area contributed by atoms with Crippen LogP contribution in [0.4, 0.5) is 0 Å². The van der Waals surface area contributed by atoms with Crippen molar-refractivity contribution in [2.24, 2.45) is 5.92 Å². The van der Waals surface area contributed by atoms with E-state index >= 15 is 0 Å². The summed E-state index contributed by atoms with van der Waals surface area (Å²) >= 11 is 1.62. The highest BCUT2D eigenvalue weighted by Crippen LogP contribution is 2.24. The van der Waals surface area contributed by atoms with Crippen LogP contribution in [-0.4, -0.2) is 42.0 Å². The zero-order valence-corrected chi connectivity index (χ0v) is 12.9. The number of carbonyl (C=O) groups is 2. The first kappa shape index (κ1) is 15.7. The molecule has 6 heteroatoms. The number of hydrogen-bond donors (Lipinski definition) is 2. The van der Waals surface area contributed by atoms with E-state index in [0.717, 1.165) is 49.0 Å². The molecular weight excluding hydrogens is 288 g/mol. The molecule has 1 aliphatic rings. The molecule has 1 fully saturated rings. The molecule has 5 nitrogen and oxygen atoms in total. The van der Waals surface area contributed by atoms with Gasteiger partial charge in [0.05, 0.1) is 5.92 Å². The molecule has 21 heavy (non-hydrogen) atoms. The van der Waals surface area contributed by atoms with E-state index in [1.165, 1.54) is 0 Å². The molecule has 2 N–H and O–H groups in total. The van der Waals surface area contributed by atoms with Crippen LogP contribution < -0.4 is 5.32 Å². The second-order valence-corrected chi connectivity index (χ2v) is 6.16. The molecule has 0 saturated carbocycles. The topological polar surface area (TPSA) is 69.6 Å². The fourth-order valence-electron chi connectivity index (χ4n) is 2.61. The van der Waals surface area contributed by atoms with Crippen molar-refractivity contribution in [2.75, 3.05) is 20.1 Å². The lowest BCUT2D eigenvalue weighted by Gasteiger charge is -2.31. The number of piperidine rings is 1. The van der Waals surface area contributed by atoms with Crippen LogP contribution >= 0.6 is 11.3 Å². The third-order valence-corrected chi connectivity index (χ3v) is 4.60. The quantitative estimate of drug-likeness (QED) is 0.814. The molecule has 0 bridgehead atoms. The molecule has 2 rings (SSSR count). The molecule has 0 aliphatic carbocycles. The summed E-state index contributed by atoms with van der Waals surface area (Å²) in [4.78, 5) is 25.8. The van der Waals surface area contributed by atoms with Gasteiger partial charge < -0.3 is 10.4 Å². The van der Waals surface area contributed by atoms with Gasteiger partial charge in [-0.1, -0.05) is 0 Å². The molecule has 0 radical (unpaired) electrons. The molecule has 0 aromatic carbocycles. The molecule has 1 unspecified atom stereocenters. The van der Waals surface area contributed by atoms with Gasteiger partial charge in [-0.25, -0.2) is 4.79 Å². The smallest absolute Gasteiger partial charge is 0.328 e. The lowest BCUT2D eigenvalue weighted by atomic mass is 9.97. The van der Waals surface area contributed by atoms with Crippen LogP contribution in [0, 0.1) is 5.92 Å². The van der Waals surface area contributed by atoms with Crippen molar-refractivity contribution in [1.82, 2.24) is 10.2 Å². The number of likely N-dealkylation sites (tertiary alicyclic amines) is 1. The minimum absolute atomic E-state index is 0.0572. The van der Waals surface area contributed by atoms with E-state index in [1.807, 2.05) is 11.4 Å². The molecule has 2 heterocycles. The van der Waals surface area contributed by atoms with E-state index in [0.29, 0.717) is 0 Å². The van der Waals surface area contributed by atoms with E-state index in [9.17, 15) is 9.59 Å². The fraction of sp³-hybridized carbons (Fsp3) is 0.467. The zero-order valence-electron chi connectivity index (χ0n) is 12.0. The molecular formula is C15H20N2O3S. The minimum atomic E-state index is -0.940. The van der Waals surface area contributed by atoms with Crippen LogP contribution in [0.2, 0.25) is 0 Å². The summed E-state index contributed by atoms with van der Waals surface area (Å²) in [5.41, 5.74) is 0.949. The number of thiophene rings is 1. The normalized spacial score (nSPS) is 19.8. The Kier molecular flexibility index (Phi) is 5.52. The summed E-state index contributed by atoms with van der Waals surface area (Å²) in [6.45, 7) is 2.51. The molecule has 1 aromatic heterocycles. The first-order valence-electron chi connectivity index (χ1n) is 7.01. The van der Waals surface area contributed by atoms with Gasteiger partial charge in [0.25, 0.3) is 0 Å². The van der Waals surface area contributed by atoms with Gasteiger partial charge in [-0.2, -0.15) is 0 Å². The van der Waals surface area contributed by atoms with Gasteiger partial charge in [-0.3, -0.25) is 9.69 Å². The largest absolute Gasteiger partial charge is 0.478 e. The molecule has 1 saturated heterocycles. The highest BCUT2D eigenvalue weighted by molar-refractivity contribution is 7.10. The van der Waals surface area contributed by atoms with Crippen LogP contribution in [0.1, 0.15) is 23.3 Å². The first-order chi connectivity index (χ1) is 10.1. The summed E-state index contributed by atoms with van der Waals surface area (Å²) in [6, 6.07) is 1.93. The Balaban J connectivity index is 2.00. The molecule has 0 spiro atoms. The highest BCUT2D eigenvalue weighted by atomic mass is 32.1. The van der Waals surface area contributed by atoms with Crippen LogP contribution in [0.3, 0.4) is 0 Å². The van der Waals surface area contributed by atoms with Crippen molar-refractivity contribution in [3.63, 3.8) is 0 Å². The van der Waals surface area contributed by atoms with Crippen molar-refractivity contribution in [2.45, 2.75) is 19.4 Å². The maximum absolute atomic E-state index is 11.7. The monoisotopic (exact) mass is 308 g/mol. The van der Waals surface area contributed by atoms with Crippen molar-refractivity contribution in [1.29, 1.82) is 0 Å². The Morgan fingerprint density at radius 2 is 2.38 bits per heavy atom. The number of carboxylic acids is 1. The van der Waals surface area contributed by atoms with Crippen molar-refractivity contribution >= 4 is 29.3 Å². The minimum Gasteiger partial charge on any atom is -0.478 e. The fourth-order valence-corrected chi connectivity index (χ4v) is 3.52. The van der Waals surface area contributed by atoms with Gasteiger partial charge >= 0.3 is 5.97 Å². The maximum Gasteiger partial charge on any atom is 0.328 e. The number of rotatable bonds is 5.